The smallest absolute Gasteiger partial charge is 0.306 e. The van der Waals surface area contributed by atoms with Crippen molar-refractivity contribution in [1.29, 1.82) is 0 Å². The number of rotatable bonds is 18. The number of carboxylic acid groups (broad SMARTS) is 1. The predicted octanol–water partition coefficient (Wildman–Crippen LogP) is 5.21. The van der Waals surface area contributed by atoms with E-state index in [-0.39, 0.29) is 37.5 Å². The van der Waals surface area contributed by atoms with Crippen molar-refractivity contribution < 1.29 is 38.5 Å². The maximum absolute atomic E-state index is 11.5. The zero-order valence-corrected chi connectivity index (χ0v) is 20.5. The molecule has 0 atom stereocenters. The van der Waals surface area contributed by atoms with Crippen molar-refractivity contribution in [3.63, 3.8) is 0 Å². The molecule has 0 rings (SSSR count). The molecule has 0 unspecified atom stereocenters. The Morgan fingerprint density at radius 3 is 1.47 bits per heavy atom. The van der Waals surface area contributed by atoms with E-state index in [2.05, 4.69) is 6.92 Å². The van der Waals surface area contributed by atoms with E-state index >= 15 is 0 Å². The molecule has 1 N–H and O–H groups in total. The van der Waals surface area contributed by atoms with Crippen LogP contribution in [0.15, 0.2) is 0 Å². The standard InChI is InChI=1S/C15H26O6.C9H18O2/c1-4-7-13(16)19-10-12(21-15(18)9-6-3)11-20-14(17)8-5-2;1-2-3-4-5-6-7-8-9(10)11/h12H,4-11H2,1-3H3;2-8H2,1H3,(H,10,11). The first kappa shape index (κ1) is 32.1. The first-order valence-corrected chi connectivity index (χ1v) is 12.0. The summed E-state index contributed by atoms with van der Waals surface area (Å²) in [5.41, 5.74) is 0. The average molecular weight is 461 g/mol. The molecule has 8 heteroatoms. The van der Waals surface area contributed by atoms with Gasteiger partial charge in [-0.15, -0.1) is 0 Å². The van der Waals surface area contributed by atoms with Gasteiger partial charge in [-0.25, -0.2) is 0 Å². The Labute approximate surface area is 193 Å². The fraction of sp³-hybridized carbons (Fsp3) is 0.833. The van der Waals surface area contributed by atoms with Gasteiger partial charge in [0.2, 0.25) is 0 Å². The molecule has 0 aromatic heterocycles. The molecule has 0 aliphatic rings. The first-order valence-electron chi connectivity index (χ1n) is 12.0. The van der Waals surface area contributed by atoms with E-state index in [4.69, 9.17) is 19.3 Å². The second kappa shape index (κ2) is 23.5. The molecular weight excluding hydrogens is 416 g/mol. The number of hydrogen-bond donors (Lipinski definition) is 1. The highest BCUT2D eigenvalue weighted by Gasteiger charge is 2.18. The van der Waals surface area contributed by atoms with E-state index in [1.807, 2.05) is 20.8 Å². The van der Waals surface area contributed by atoms with Crippen molar-refractivity contribution in [2.75, 3.05) is 13.2 Å². The summed E-state index contributed by atoms with van der Waals surface area (Å²) in [7, 11) is 0. The van der Waals surface area contributed by atoms with Crippen LogP contribution in [0.1, 0.15) is 111 Å². The maximum atomic E-state index is 11.5. The van der Waals surface area contributed by atoms with Gasteiger partial charge in [0.1, 0.15) is 13.2 Å². The van der Waals surface area contributed by atoms with E-state index in [9.17, 15) is 19.2 Å². The van der Waals surface area contributed by atoms with Gasteiger partial charge in [0.15, 0.2) is 6.10 Å². The summed E-state index contributed by atoms with van der Waals surface area (Å²) in [5, 5.41) is 8.32. The minimum absolute atomic E-state index is 0.0896. The summed E-state index contributed by atoms with van der Waals surface area (Å²) >= 11 is 0. The lowest BCUT2D eigenvalue weighted by Gasteiger charge is -2.18. The Kier molecular flexibility index (Phi) is 23.6. The third-order valence-corrected chi connectivity index (χ3v) is 4.27. The Hall–Kier alpha value is -2.12. The molecule has 0 spiro atoms. The van der Waals surface area contributed by atoms with Crippen LogP contribution in [0.4, 0.5) is 0 Å². The van der Waals surface area contributed by atoms with Gasteiger partial charge in [0, 0.05) is 25.7 Å². The number of ether oxygens (including phenoxy) is 3. The number of hydrogen-bond acceptors (Lipinski definition) is 7. The molecule has 0 aromatic carbocycles. The summed E-state index contributed by atoms with van der Waals surface area (Å²) in [4.78, 5) is 44.2. The topological polar surface area (TPSA) is 116 Å². The van der Waals surface area contributed by atoms with Crippen LogP contribution in [-0.2, 0) is 33.4 Å². The maximum Gasteiger partial charge on any atom is 0.306 e. The van der Waals surface area contributed by atoms with Gasteiger partial charge in [-0.1, -0.05) is 59.8 Å². The van der Waals surface area contributed by atoms with Crippen LogP contribution in [0, 0.1) is 0 Å². The van der Waals surface area contributed by atoms with Crippen LogP contribution >= 0.6 is 0 Å². The number of aliphatic carboxylic acids is 1. The SMILES string of the molecule is CCCC(=O)OCC(COC(=O)CCC)OC(=O)CCC.CCCCCCCCC(=O)O. The van der Waals surface area contributed by atoms with Gasteiger partial charge in [0.25, 0.3) is 0 Å². The fourth-order valence-electron chi connectivity index (χ4n) is 2.55. The second-order valence-corrected chi connectivity index (χ2v) is 7.64. The molecule has 32 heavy (non-hydrogen) atoms. The van der Waals surface area contributed by atoms with Gasteiger partial charge < -0.3 is 19.3 Å². The van der Waals surface area contributed by atoms with Crippen LogP contribution in [0.3, 0.4) is 0 Å². The van der Waals surface area contributed by atoms with Crippen molar-refractivity contribution in [1.82, 2.24) is 0 Å². The molecule has 0 bridgehead atoms. The fourth-order valence-corrected chi connectivity index (χ4v) is 2.55. The lowest BCUT2D eigenvalue weighted by atomic mass is 10.1. The van der Waals surface area contributed by atoms with Gasteiger partial charge in [-0.2, -0.15) is 0 Å². The number of esters is 3. The van der Waals surface area contributed by atoms with Crippen molar-refractivity contribution in [3.05, 3.63) is 0 Å². The largest absolute Gasteiger partial charge is 0.481 e. The van der Waals surface area contributed by atoms with Gasteiger partial charge in [-0.05, 0) is 25.7 Å². The van der Waals surface area contributed by atoms with Crippen molar-refractivity contribution in [2.24, 2.45) is 0 Å². The first-order chi connectivity index (χ1) is 15.3. The van der Waals surface area contributed by atoms with Crippen molar-refractivity contribution in [3.8, 4) is 0 Å². The van der Waals surface area contributed by atoms with Crippen LogP contribution in [0.2, 0.25) is 0 Å². The molecule has 0 heterocycles. The van der Waals surface area contributed by atoms with Crippen LogP contribution in [-0.4, -0.2) is 48.3 Å². The molecular formula is C24H44O8. The van der Waals surface area contributed by atoms with Gasteiger partial charge >= 0.3 is 23.9 Å². The molecule has 0 radical (unpaired) electrons. The van der Waals surface area contributed by atoms with Crippen LogP contribution in [0.25, 0.3) is 0 Å². The highest BCUT2D eigenvalue weighted by molar-refractivity contribution is 5.71. The number of carboxylic acids is 1. The summed E-state index contributed by atoms with van der Waals surface area (Å²) < 4.78 is 15.2. The number of carbonyl (C=O) groups is 4. The zero-order chi connectivity index (χ0) is 24.6. The molecule has 8 nitrogen and oxygen atoms in total. The van der Waals surface area contributed by atoms with Gasteiger partial charge in [0.05, 0.1) is 0 Å². The Morgan fingerprint density at radius 1 is 0.594 bits per heavy atom. The van der Waals surface area contributed by atoms with Crippen LogP contribution in [0.5, 0.6) is 0 Å². The van der Waals surface area contributed by atoms with Gasteiger partial charge in [-0.3, -0.25) is 19.2 Å². The second-order valence-electron chi connectivity index (χ2n) is 7.64. The van der Waals surface area contributed by atoms with E-state index < -0.39 is 12.1 Å². The highest BCUT2D eigenvalue weighted by Crippen LogP contribution is 2.06. The third-order valence-electron chi connectivity index (χ3n) is 4.27. The zero-order valence-electron chi connectivity index (χ0n) is 20.5. The molecule has 0 aliphatic heterocycles. The van der Waals surface area contributed by atoms with Crippen molar-refractivity contribution >= 4 is 23.9 Å². The van der Waals surface area contributed by atoms with E-state index in [0.717, 1.165) is 12.8 Å². The average Bonchev–Trinajstić information content (AvgIpc) is 2.73. The Balaban J connectivity index is 0. The van der Waals surface area contributed by atoms with Crippen molar-refractivity contribution in [2.45, 2.75) is 117 Å². The van der Waals surface area contributed by atoms with Crippen LogP contribution < -0.4 is 0 Å². The Bertz CT molecular complexity index is 482. The highest BCUT2D eigenvalue weighted by atomic mass is 16.6. The van der Waals surface area contributed by atoms with E-state index in [0.29, 0.717) is 38.5 Å². The summed E-state index contributed by atoms with van der Waals surface area (Å²) in [6, 6.07) is 0. The normalized spacial score (nSPS) is 10.2. The summed E-state index contributed by atoms with van der Waals surface area (Å²) in [6.07, 6.45) is 9.44. The molecule has 0 amide bonds. The van der Waals surface area contributed by atoms with E-state index in [1.165, 1.54) is 25.7 Å². The molecule has 0 saturated carbocycles. The monoisotopic (exact) mass is 460 g/mol. The lowest BCUT2D eigenvalue weighted by Crippen LogP contribution is -2.30. The molecule has 0 aromatic rings. The molecule has 0 aliphatic carbocycles. The summed E-state index contributed by atoms with van der Waals surface area (Å²) in [5.74, 6) is -1.76. The lowest BCUT2D eigenvalue weighted by molar-refractivity contribution is -0.166. The molecule has 188 valence electrons. The van der Waals surface area contributed by atoms with E-state index in [1.54, 1.807) is 0 Å². The molecule has 0 fully saturated rings. The minimum Gasteiger partial charge on any atom is -0.481 e. The third kappa shape index (κ3) is 24.2. The predicted molar refractivity (Wildman–Crippen MR) is 122 cm³/mol. The summed E-state index contributed by atoms with van der Waals surface area (Å²) in [6.45, 7) is 7.59. The number of carbonyl (C=O) groups excluding carboxylic acids is 3. The quantitative estimate of drug-likeness (QED) is 0.168. The molecule has 0 saturated heterocycles. The number of unbranched alkanes of at least 4 members (excludes halogenated alkanes) is 5. The Morgan fingerprint density at radius 2 is 1.03 bits per heavy atom. The minimum atomic E-state index is -0.745.